The van der Waals surface area contributed by atoms with Gasteiger partial charge in [0, 0.05) is 24.5 Å². The van der Waals surface area contributed by atoms with E-state index in [2.05, 4.69) is 54.0 Å². The third kappa shape index (κ3) is 2.44. The van der Waals surface area contributed by atoms with Gasteiger partial charge in [0.2, 0.25) is 0 Å². The van der Waals surface area contributed by atoms with Crippen LogP contribution < -0.4 is 0 Å². The zero-order chi connectivity index (χ0) is 13.3. The molecule has 0 radical (unpaired) electrons. The van der Waals surface area contributed by atoms with Crippen molar-refractivity contribution in [3.8, 4) is 11.4 Å². The Bertz CT molecular complexity index is 548. The van der Waals surface area contributed by atoms with Gasteiger partial charge in [0.1, 0.15) is 5.82 Å². The maximum atomic E-state index is 4.62. The molecule has 2 heteroatoms. The first-order chi connectivity index (χ1) is 9.18. The smallest absolute Gasteiger partial charge is 0.139 e. The number of aromatic nitrogens is 2. The summed E-state index contributed by atoms with van der Waals surface area (Å²) in [6, 6.07) is 10.4. The molecule has 2 nitrogen and oxygen atoms in total. The summed E-state index contributed by atoms with van der Waals surface area (Å²) in [5, 5.41) is 0. The number of benzene rings is 1. The van der Waals surface area contributed by atoms with Gasteiger partial charge in [-0.15, -0.1) is 0 Å². The fraction of sp³-hybridized carbons (Fsp3) is 0.471. The van der Waals surface area contributed by atoms with Crippen LogP contribution in [-0.2, 0) is 13.5 Å². The molecule has 0 N–H and O–H groups in total. The van der Waals surface area contributed by atoms with Crippen LogP contribution in [0.4, 0.5) is 0 Å². The van der Waals surface area contributed by atoms with Crippen LogP contribution in [0.15, 0.2) is 36.5 Å². The highest BCUT2D eigenvalue weighted by atomic mass is 15.1. The summed E-state index contributed by atoms with van der Waals surface area (Å²) < 4.78 is 2.26. The van der Waals surface area contributed by atoms with Crippen molar-refractivity contribution < 1.29 is 0 Å². The van der Waals surface area contributed by atoms with Crippen LogP contribution in [0.2, 0.25) is 0 Å². The highest BCUT2D eigenvalue weighted by Gasteiger charge is 2.30. The predicted molar refractivity (Wildman–Crippen MR) is 78.9 cm³/mol. The Balaban J connectivity index is 1.87. The van der Waals surface area contributed by atoms with E-state index in [0.717, 1.165) is 12.2 Å². The summed E-state index contributed by atoms with van der Waals surface area (Å²) in [5.74, 6) is 1.08. The van der Waals surface area contributed by atoms with E-state index in [-0.39, 0.29) is 0 Å². The minimum atomic E-state index is 0.488. The lowest BCUT2D eigenvalue weighted by Gasteiger charge is -2.23. The number of hydrogen-bond acceptors (Lipinski definition) is 1. The third-order valence-corrected chi connectivity index (χ3v) is 4.53. The van der Waals surface area contributed by atoms with Crippen LogP contribution in [0.5, 0.6) is 0 Å². The van der Waals surface area contributed by atoms with E-state index in [1.165, 1.54) is 36.9 Å². The van der Waals surface area contributed by atoms with E-state index in [4.69, 9.17) is 0 Å². The van der Waals surface area contributed by atoms with Crippen LogP contribution in [-0.4, -0.2) is 9.55 Å². The van der Waals surface area contributed by atoms with E-state index in [9.17, 15) is 0 Å². The monoisotopic (exact) mass is 254 g/mol. The Morgan fingerprint density at radius 2 is 1.84 bits per heavy atom. The van der Waals surface area contributed by atoms with Crippen molar-refractivity contribution in [2.75, 3.05) is 0 Å². The standard InChI is InChI=1S/C17H22N2/c1-17(10-6-7-11-17)12-15-13-18-16(19(15)2)14-8-4-3-5-9-14/h3-5,8-9,13H,6-7,10-12H2,1-2H3. The van der Waals surface area contributed by atoms with Crippen molar-refractivity contribution in [3.05, 3.63) is 42.2 Å². The predicted octanol–water partition coefficient (Wildman–Crippen LogP) is 4.21. The third-order valence-electron chi connectivity index (χ3n) is 4.53. The Labute approximate surface area is 115 Å². The first-order valence-electron chi connectivity index (χ1n) is 7.24. The maximum Gasteiger partial charge on any atom is 0.139 e. The van der Waals surface area contributed by atoms with Crippen LogP contribution >= 0.6 is 0 Å². The number of nitrogens with zero attached hydrogens (tertiary/aromatic N) is 2. The van der Waals surface area contributed by atoms with Crippen molar-refractivity contribution in [1.82, 2.24) is 9.55 Å². The highest BCUT2D eigenvalue weighted by Crippen LogP contribution is 2.40. The molecule has 0 bridgehead atoms. The molecule has 100 valence electrons. The topological polar surface area (TPSA) is 17.8 Å². The second-order valence-electron chi connectivity index (χ2n) is 6.19. The summed E-state index contributed by atoms with van der Waals surface area (Å²) >= 11 is 0. The minimum Gasteiger partial charge on any atom is -0.331 e. The van der Waals surface area contributed by atoms with Crippen LogP contribution in [0.1, 0.15) is 38.3 Å². The van der Waals surface area contributed by atoms with Crippen LogP contribution in [0.3, 0.4) is 0 Å². The molecule has 1 heterocycles. The van der Waals surface area contributed by atoms with Crippen molar-refractivity contribution >= 4 is 0 Å². The summed E-state index contributed by atoms with van der Waals surface area (Å²) in [4.78, 5) is 4.62. The molecule has 1 aliphatic carbocycles. The lowest BCUT2D eigenvalue weighted by molar-refractivity contribution is 0.328. The first-order valence-corrected chi connectivity index (χ1v) is 7.24. The SMILES string of the molecule is Cn1c(CC2(C)CCCC2)cnc1-c1ccccc1. The van der Waals surface area contributed by atoms with Gasteiger partial charge in [0.05, 0.1) is 0 Å². The summed E-state index contributed by atoms with van der Waals surface area (Å²) in [6.45, 7) is 2.43. The molecule has 19 heavy (non-hydrogen) atoms. The summed E-state index contributed by atoms with van der Waals surface area (Å²) in [6.07, 6.45) is 8.72. The molecule has 1 fully saturated rings. The van der Waals surface area contributed by atoms with E-state index in [0.29, 0.717) is 5.41 Å². The molecule has 1 aromatic carbocycles. The minimum absolute atomic E-state index is 0.488. The molecule has 0 atom stereocenters. The molecule has 0 saturated heterocycles. The molecule has 1 aromatic heterocycles. The molecular weight excluding hydrogens is 232 g/mol. The zero-order valence-electron chi connectivity index (χ0n) is 11.9. The van der Waals surface area contributed by atoms with E-state index in [1.807, 2.05) is 6.07 Å². The number of hydrogen-bond donors (Lipinski definition) is 0. The molecule has 0 unspecified atom stereocenters. The van der Waals surface area contributed by atoms with Crippen molar-refractivity contribution in [2.24, 2.45) is 12.5 Å². The molecular formula is C17H22N2. The molecule has 1 aliphatic rings. The fourth-order valence-corrected chi connectivity index (χ4v) is 3.31. The zero-order valence-corrected chi connectivity index (χ0v) is 11.9. The molecule has 0 aliphatic heterocycles. The van der Waals surface area contributed by atoms with Gasteiger partial charge in [-0.1, -0.05) is 50.1 Å². The number of rotatable bonds is 3. The summed E-state index contributed by atoms with van der Waals surface area (Å²) in [5.41, 5.74) is 3.05. The molecule has 0 spiro atoms. The second-order valence-corrected chi connectivity index (χ2v) is 6.19. The first kappa shape index (κ1) is 12.5. The lowest BCUT2D eigenvalue weighted by Crippen LogP contribution is -2.16. The molecule has 2 aromatic rings. The van der Waals surface area contributed by atoms with Gasteiger partial charge in [-0.05, 0) is 24.7 Å². The fourth-order valence-electron chi connectivity index (χ4n) is 3.31. The quantitative estimate of drug-likeness (QED) is 0.802. The Morgan fingerprint density at radius 3 is 2.53 bits per heavy atom. The average molecular weight is 254 g/mol. The second kappa shape index (κ2) is 4.84. The molecule has 0 amide bonds. The molecule has 1 saturated carbocycles. The van der Waals surface area contributed by atoms with Crippen LogP contribution in [0.25, 0.3) is 11.4 Å². The van der Waals surface area contributed by atoms with Crippen molar-refractivity contribution in [1.29, 1.82) is 0 Å². The lowest BCUT2D eigenvalue weighted by atomic mass is 9.84. The van der Waals surface area contributed by atoms with Gasteiger partial charge >= 0.3 is 0 Å². The largest absolute Gasteiger partial charge is 0.331 e. The van der Waals surface area contributed by atoms with E-state index in [1.54, 1.807) is 0 Å². The highest BCUT2D eigenvalue weighted by molar-refractivity contribution is 5.55. The van der Waals surface area contributed by atoms with E-state index < -0.39 is 0 Å². The normalized spacial score (nSPS) is 17.8. The van der Waals surface area contributed by atoms with E-state index >= 15 is 0 Å². The van der Waals surface area contributed by atoms with Crippen molar-refractivity contribution in [3.63, 3.8) is 0 Å². The number of imidazole rings is 1. The maximum absolute atomic E-state index is 4.62. The van der Waals surface area contributed by atoms with Gasteiger partial charge in [-0.25, -0.2) is 4.98 Å². The molecule has 3 rings (SSSR count). The summed E-state index contributed by atoms with van der Waals surface area (Å²) in [7, 11) is 2.14. The van der Waals surface area contributed by atoms with Gasteiger partial charge in [0.15, 0.2) is 0 Å². The average Bonchev–Trinajstić information content (AvgIpc) is 2.99. The van der Waals surface area contributed by atoms with Gasteiger partial charge in [-0.2, -0.15) is 0 Å². The van der Waals surface area contributed by atoms with Crippen molar-refractivity contribution in [2.45, 2.75) is 39.0 Å². The van der Waals surface area contributed by atoms with Gasteiger partial charge in [-0.3, -0.25) is 0 Å². The Kier molecular flexibility index (Phi) is 3.17. The Morgan fingerprint density at radius 1 is 1.16 bits per heavy atom. The van der Waals surface area contributed by atoms with Gasteiger partial charge in [0.25, 0.3) is 0 Å². The van der Waals surface area contributed by atoms with Crippen LogP contribution in [0, 0.1) is 5.41 Å². The van der Waals surface area contributed by atoms with Gasteiger partial charge < -0.3 is 4.57 Å². The Hall–Kier alpha value is -1.57.